The highest BCUT2D eigenvalue weighted by Gasteiger charge is 2.17. The van der Waals surface area contributed by atoms with Crippen LogP contribution >= 0.6 is 0 Å². The zero-order valence-electron chi connectivity index (χ0n) is 16.2. The van der Waals surface area contributed by atoms with Crippen molar-refractivity contribution in [1.29, 1.82) is 0 Å². The fraction of sp³-hybridized carbons (Fsp3) is 0.0870. The molecule has 0 heterocycles. The van der Waals surface area contributed by atoms with E-state index in [2.05, 4.69) is 10.6 Å². The molecule has 0 aliphatic heterocycles. The summed E-state index contributed by atoms with van der Waals surface area (Å²) in [6.07, 6.45) is 0. The molecule has 0 aromatic heterocycles. The molecule has 0 fully saturated rings. The molecule has 30 heavy (non-hydrogen) atoms. The Morgan fingerprint density at radius 3 is 2.30 bits per heavy atom. The molecular weight excluding hydrogens is 384 g/mol. The lowest BCUT2D eigenvalue weighted by Gasteiger charge is -2.12. The van der Waals surface area contributed by atoms with Crippen molar-refractivity contribution in [3.05, 3.63) is 89.5 Å². The molecule has 2 amide bonds. The number of benzene rings is 3. The Hall–Kier alpha value is -4.13. The van der Waals surface area contributed by atoms with Crippen LogP contribution in [0.2, 0.25) is 0 Å². The summed E-state index contributed by atoms with van der Waals surface area (Å²) in [5.74, 6) is -2.05. The lowest BCUT2D eigenvalue weighted by molar-refractivity contribution is -0.119. The number of para-hydroxylation sites is 2. The molecule has 3 rings (SSSR count). The minimum atomic E-state index is -0.822. The van der Waals surface area contributed by atoms with Gasteiger partial charge >= 0.3 is 5.97 Å². The Balaban J connectivity index is 1.63. The highest BCUT2D eigenvalue weighted by molar-refractivity contribution is 6.10. The van der Waals surface area contributed by atoms with Gasteiger partial charge in [-0.1, -0.05) is 36.4 Å². The number of aryl methyl sites for hydroxylation is 1. The molecule has 3 N–H and O–H groups in total. The van der Waals surface area contributed by atoms with Crippen LogP contribution in [0.1, 0.15) is 26.3 Å². The van der Waals surface area contributed by atoms with Crippen LogP contribution in [0.4, 0.5) is 11.4 Å². The van der Waals surface area contributed by atoms with Gasteiger partial charge in [-0.15, -0.1) is 0 Å². The number of phenolic OH excluding ortho intramolecular Hbond substituents is 1. The van der Waals surface area contributed by atoms with Gasteiger partial charge in [0.15, 0.2) is 6.61 Å². The summed E-state index contributed by atoms with van der Waals surface area (Å²) in [6.45, 7) is 1.20. The second-order valence-corrected chi connectivity index (χ2v) is 6.51. The van der Waals surface area contributed by atoms with Gasteiger partial charge in [0, 0.05) is 5.69 Å². The molecule has 0 aliphatic carbocycles. The molecule has 0 bridgehead atoms. The average molecular weight is 404 g/mol. The molecule has 0 radical (unpaired) electrons. The van der Waals surface area contributed by atoms with Gasteiger partial charge in [0.05, 0.1) is 11.3 Å². The van der Waals surface area contributed by atoms with Gasteiger partial charge in [-0.2, -0.15) is 0 Å². The van der Waals surface area contributed by atoms with Gasteiger partial charge in [0.1, 0.15) is 11.3 Å². The number of ether oxygens (including phenoxy) is 1. The molecular formula is C23H20N2O5. The lowest BCUT2D eigenvalue weighted by Crippen LogP contribution is -2.23. The second-order valence-electron chi connectivity index (χ2n) is 6.51. The number of hydrogen-bond acceptors (Lipinski definition) is 5. The van der Waals surface area contributed by atoms with Crippen molar-refractivity contribution in [2.24, 2.45) is 0 Å². The number of aromatic hydroxyl groups is 1. The summed E-state index contributed by atoms with van der Waals surface area (Å²) >= 11 is 0. The van der Waals surface area contributed by atoms with Crippen molar-refractivity contribution >= 4 is 29.2 Å². The lowest BCUT2D eigenvalue weighted by atomic mass is 10.1. The standard InChI is InChI=1S/C23H20N2O5/c1-15-11-12-18(20(26)13-15)23(29)30-14-21(27)25-19-10-6-5-9-17(19)22(28)24-16-7-3-2-4-8-16/h2-13,26H,14H2,1H3,(H,24,28)(H,25,27). The first kappa shape index (κ1) is 20.6. The van der Waals surface area contributed by atoms with Crippen molar-refractivity contribution in [3.8, 4) is 5.75 Å². The summed E-state index contributed by atoms with van der Waals surface area (Å²) in [5.41, 5.74) is 1.92. The molecule has 0 saturated heterocycles. The van der Waals surface area contributed by atoms with E-state index in [1.165, 1.54) is 12.1 Å². The van der Waals surface area contributed by atoms with Crippen LogP contribution in [0.25, 0.3) is 0 Å². The summed E-state index contributed by atoms with van der Waals surface area (Å²) in [6, 6.07) is 19.9. The van der Waals surface area contributed by atoms with Crippen LogP contribution in [0.5, 0.6) is 5.75 Å². The van der Waals surface area contributed by atoms with Crippen molar-refractivity contribution in [1.82, 2.24) is 0 Å². The monoisotopic (exact) mass is 404 g/mol. The predicted molar refractivity (Wildman–Crippen MR) is 113 cm³/mol. The van der Waals surface area contributed by atoms with Crippen molar-refractivity contribution in [2.75, 3.05) is 17.2 Å². The van der Waals surface area contributed by atoms with Gasteiger partial charge in [-0.05, 0) is 48.9 Å². The third kappa shape index (κ3) is 5.23. The van der Waals surface area contributed by atoms with Crippen LogP contribution in [0, 0.1) is 6.92 Å². The molecule has 3 aromatic carbocycles. The molecule has 0 saturated carbocycles. The van der Waals surface area contributed by atoms with E-state index in [4.69, 9.17) is 4.74 Å². The third-order valence-corrected chi connectivity index (χ3v) is 4.18. The Morgan fingerprint density at radius 2 is 1.57 bits per heavy atom. The van der Waals surface area contributed by atoms with E-state index in [0.29, 0.717) is 5.69 Å². The summed E-state index contributed by atoms with van der Waals surface area (Å²) in [5, 5.41) is 15.2. The van der Waals surface area contributed by atoms with E-state index in [0.717, 1.165) is 5.56 Å². The van der Waals surface area contributed by atoms with Crippen molar-refractivity contribution < 1.29 is 24.2 Å². The number of amides is 2. The van der Waals surface area contributed by atoms with Gasteiger partial charge in [-0.3, -0.25) is 9.59 Å². The maximum Gasteiger partial charge on any atom is 0.342 e. The molecule has 3 aromatic rings. The first-order valence-corrected chi connectivity index (χ1v) is 9.16. The fourth-order valence-corrected chi connectivity index (χ4v) is 2.72. The van der Waals surface area contributed by atoms with Crippen LogP contribution in [0.15, 0.2) is 72.8 Å². The minimum Gasteiger partial charge on any atom is -0.507 e. The fourth-order valence-electron chi connectivity index (χ4n) is 2.72. The number of hydrogen-bond donors (Lipinski definition) is 3. The SMILES string of the molecule is Cc1ccc(C(=O)OCC(=O)Nc2ccccc2C(=O)Nc2ccccc2)c(O)c1. The molecule has 152 valence electrons. The highest BCUT2D eigenvalue weighted by Crippen LogP contribution is 2.20. The number of rotatable bonds is 6. The number of esters is 1. The maximum atomic E-state index is 12.6. The smallest absolute Gasteiger partial charge is 0.342 e. The largest absolute Gasteiger partial charge is 0.507 e. The first-order chi connectivity index (χ1) is 14.4. The number of anilines is 2. The average Bonchev–Trinajstić information content (AvgIpc) is 2.73. The number of carbonyl (C=O) groups excluding carboxylic acids is 3. The molecule has 7 nitrogen and oxygen atoms in total. The van der Waals surface area contributed by atoms with E-state index in [-0.39, 0.29) is 22.6 Å². The zero-order valence-corrected chi connectivity index (χ0v) is 16.2. The van der Waals surface area contributed by atoms with Gasteiger partial charge in [-0.25, -0.2) is 4.79 Å². The molecule has 0 atom stereocenters. The van der Waals surface area contributed by atoms with Crippen molar-refractivity contribution in [2.45, 2.75) is 6.92 Å². The van der Waals surface area contributed by atoms with Crippen molar-refractivity contribution in [3.63, 3.8) is 0 Å². The Kier molecular flexibility index (Phi) is 6.44. The first-order valence-electron chi connectivity index (χ1n) is 9.16. The molecule has 0 unspecified atom stereocenters. The van der Waals surface area contributed by atoms with E-state index in [9.17, 15) is 19.5 Å². The van der Waals surface area contributed by atoms with E-state index >= 15 is 0 Å². The highest BCUT2D eigenvalue weighted by atomic mass is 16.5. The molecule has 7 heteroatoms. The topological polar surface area (TPSA) is 105 Å². The van der Waals surface area contributed by atoms with E-state index in [1.807, 2.05) is 6.07 Å². The van der Waals surface area contributed by atoms with Crippen LogP contribution in [0.3, 0.4) is 0 Å². The number of nitrogens with one attached hydrogen (secondary N) is 2. The Morgan fingerprint density at radius 1 is 0.867 bits per heavy atom. The predicted octanol–water partition coefficient (Wildman–Crippen LogP) is 3.75. The Bertz CT molecular complexity index is 1080. The zero-order chi connectivity index (χ0) is 21.5. The summed E-state index contributed by atoms with van der Waals surface area (Å²) < 4.78 is 4.97. The van der Waals surface area contributed by atoms with E-state index in [1.54, 1.807) is 61.5 Å². The molecule has 0 spiro atoms. The van der Waals surface area contributed by atoms with Crippen LogP contribution in [-0.4, -0.2) is 29.5 Å². The third-order valence-electron chi connectivity index (χ3n) is 4.18. The van der Waals surface area contributed by atoms with E-state index < -0.39 is 24.4 Å². The second kappa shape index (κ2) is 9.38. The Labute approximate surface area is 173 Å². The quantitative estimate of drug-likeness (QED) is 0.543. The van der Waals surface area contributed by atoms with Gasteiger partial charge in [0.2, 0.25) is 0 Å². The maximum absolute atomic E-state index is 12.6. The van der Waals surface area contributed by atoms with Gasteiger partial charge in [0.25, 0.3) is 11.8 Å². The van der Waals surface area contributed by atoms with Crippen LogP contribution < -0.4 is 10.6 Å². The summed E-state index contributed by atoms with van der Waals surface area (Å²) in [4.78, 5) is 36.9. The van der Waals surface area contributed by atoms with Gasteiger partial charge < -0.3 is 20.5 Å². The normalized spacial score (nSPS) is 10.2. The number of phenols is 1. The number of carbonyl (C=O) groups is 3. The minimum absolute atomic E-state index is 0.0314. The van der Waals surface area contributed by atoms with Crippen LogP contribution in [-0.2, 0) is 9.53 Å². The summed E-state index contributed by atoms with van der Waals surface area (Å²) in [7, 11) is 0. The molecule has 0 aliphatic rings.